The summed E-state index contributed by atoms with van der Waals surface area (Å²) in [4.78, 5) is 11.7. The number of carbonyl (C=O) groups is 1. The number of piperidine rings is 1. The van der Waals surface area contributed by atoms with E-state index in [9.17, 15) is 4.79 Å². The summed E-state index contributed by atoms with van der Waals surface area (Å²) in [5, 5.41) is 6.52. The van der Waals surface area contributed by atoms with Crippen LogP contribution in [0, 0.1) is 0 Å². The molecule has 0 atom stereocenters. The average Bonchev–Trinajstić information content (AvgIpc) is 2.30. The molecule has 0 aromatic heterocycles. The van der Waals surface area contributed by atoms with Crippen molar-refractivity contribution in [3.8, 4) is 0 Å². The topological polar surface area (TPSA) is 67.2 Å². The van der Waals surface area contributed by atoms with Crippen LogP contribution >= 0.6 is 15.9 Å². The van der Waals surface area contributed by atoms with E-state index in [1.807, 2.05) is 24.3 Å². The van der Waals surface area contributed by atoms with Crippen molar-refractivity contribution in [2.24, 2.45) is 5.73 Å². The van der Waals surface area contributed by atoms with Crippen LogP contribution in [0.4, 0.5) is 5.69 Å². The highest BCUT2D eigenvalue weighted by Crippen LogP contribution is 2.25. The Morgan fingerprint density at radius 2 is 2.12 bits per heavy atom. The molecular formula is C12H16BrN3O. The van der Waals surface area contributed by atoms with Crippen LogP contribution in [0.3, 0.4) is 0 Å². The Hall–Kier alpha value is -1.07. The van der Waals surface area contributed by atoms with Crippen LogP contribution in [0.2, 0.25) is 0 Å². The predicted molar refractivity (Wildman–Crippen MR) is 71.8 cm³/mol. The van der Waals surface area contributed by atoms with Gasteiger partial charge in [-0.3, -0.25) is 4.79 Å². The van der Waals surface area contributed by atoms with Crippen molar-refractivity contribution in [1.29, 1.82) is 0 Å². The van der Waals surface area contributed by atoms with Gasteiger partial charge in [0.2, 0.25) is 5.91 Å². The molecule has 0 saturated carbocycles. The van der Waals surface area contributed by atoms with Crippen molar-refractivity contribution < 1.29 is 4.79 Å². The summed E-state index contributed by atoms with van der Waals surface area (Å²) in [6.07, 6.45) is 1.43. The highest BCUT2D eigenvalue weighted by Gasteiger charge is 2.37. The van der Waals surface area contributed by atoms with E-state index in [2.05, 4.69) is 26.6 Å². The quantitative estimate of drug-likeness (QED) is 0.791. The molecule has 1 saturated heterocycles. The summed E-state index contributed by atoms with van der Waals surface area (Å²) >= 11 is 3.41. The largest absolute Gasteiger partial charge is 0.371 e. The molecule has 1 fully saturated rings. The molecule has 4 N–H and O–H groups in total. The van der Waals surface area contributed by atoms with E-state index in [4.69, 9.17) is 5.73 Å². The number of carbonyl (C=O) groups excluding carboxylic acids is 1. The second-order valence-corrected chi connectivity index (χ2v) is 5.25. The summed E-state index contributed by atoms with van der Waals surface area (Å²) in [5.41, 5.74) is 5.84. The van der Waals surface area contributed by atoms with Crippen LogP contribution in [0.25, 0.3) is 0 Å². The molecule has 2 rings (SSSR count). The third-order valence-electron chi connectivity index (χ3n) is 3.14. The maximum Gasteiger partial charge on any atom is 0.243 e. The maximum absolute atomic E-state index is 11.7. The number of primary amides is 1. The molecule has 1 aliphatic rings. The van der Waals surface area contributed by atoms with E-state index < -0.39 is 5.54 Å². The minimum atomic E-state index is -0.619. The maximum atomic E-state index is 11.7. The lowest BCUT2D eigenvalue weighted by molar-refractivity contribution is -0.123. The Morgan fingerprint density at radius 1 is 1.41 bits per heavy atom. The number of benzene rings is 1. The third-order valence-corrected chi connectivity index (χ3v) is 3.63. The molecule has 0 bridgehead atoms. The van der Waals surface area contributed by atoms with Gasteiger partial charge in [-0.2, -0.15) is 0 Å². The van der Waals surface area contributed by atoms with Gasteiger partial charge in [-0.15, -0.1) is 0 Å². The van der Waals surface area contributed by atoms with Gasteiger partial charge in [-0.1, -0.05) is 22.0 Å². The van der Waals surface area contributed by atoms with Crippen molar-refractivity contribution in [2.45, 2.75) is 18.4 Å². The zero-order chi connectivity index (χ0) is 12.3. The first kappa shape index (κ1) is 12.4. The first-order valence-corrected chi connectivity index (χ1v) is 6.46. The molecular weight excluding hydrogens is 282 g/mol. The van der Waals surface area contributed by atoms with E-state index in [1.54, 1.807) is 0 Å². The van der Waals surface area contributed by atoms with Crippen LogP contribution in [-0.2, 0) is 4.79 Å². The Kier molecular flexibility index (Phi) is 3.69. The number of halogens is 1. The van der Waals surface area contributed by atoms with Crippen LogP contribution in [0.15, 0.2) is 28.7 Å². The average molecular weight is 298 g/mol. The minimum absolute atomic E-state index is 0.279. The van der Waals surface area contributed by atoms with Gasteiger partial charge in [-0.25, -0.2) is 0 Å². The van der Waals surface area contributed by atoms with Crippen LogP contribution < -0.4 is 16.4 Å². The van der Waals surface area contributed by atoms with Gasteiger partial charge in [0.05, 0.1) is 0 Å². The third kappa shape index (κ3) is 2.79. The molecule has 1 aromatic carbocycles. The molecule has 0 unspecified atom stereocenters. The molecule has 5 heteroatoms. The number of rotatable bonds is 3. The zero-order valence-electron chi connectivity index (χ0n) is 9.50. The number of nitrogens with one attached hydrogen (secondary N) is 2. The van der Waals surface area contributed by atoms with Crippen molar-refractivity contribution >= 4 is 27.5 Å². The van der Waals surface area contributed by atoms with Crippen molar-refractivity contribution in [2.75, 3.05) is 18.4 Å². The number of anilines is 1. The summed E-state index contributed by atoms with van der Waals surface area (Å²) < 4.78 is 0.982. The molecule has 92 valence electrons. The fourth-order valence-electron chi connectivity index (χ4n) is 2.13. The molecule has 1 heterocycles. The lowest BCUT2D eigenvalue weighted by Gasteiger charge is -2.36. The van der Waals surface area contributed by atoms with Crippen molar-refractivity contribution in [1.82, 2.24) is 5.32 Å². The minimum Gasteiger partial charge on any atom is -0.371 e. The second kappa shape index (κ2) is 5.06. The fraction of sp³-hybridized carbons (Fsp3) is 0.417. The Balaban J connectivity index is 2.20. The first-order valence-electron chi connectivity index (χ1n) is 5.67. The van der Waals surface area contributed by atoms with Crippen molar-refractivity contribution in [3.63, 3.8) is 0 Å². The van der Waals surface area contributed by atoms with E-state index in [-0.39, 0.29) is 5.91 Å². The SMILES string of the molecule is NC(=O)C1(Nc2cccc(Br)c2)CCNCC1. The summed E-state index contributed by atoms with van der Waals surface area (Å²) in [7, 11) is 0. The van der Waals surface area contributed by atoms with Gasteiger partial charge in [0.25, 0.3) is 0 Å². The number of nitrogens with two attached hydrogens (primary N) is 1. The molecule has 0 radical (unpaired) electrons. The molecule has 17 heavy (non-hydrogen) atoms. The number of hydrogen-bond acceptors (Lipinski definition) is 3. The Labute approximate surface area is 109 Å². The van der Waals surface area contributed by atoms with Gasteiger partial charge in [0.15, 0.2) is 0 Å². The van der Waals surface area contributed by atoms with Gasteiger partial charge >= 0.3 is 0 Å². The monoisotopic (exact) mass is 297 g/mol. The van der Waals surface area contributed by atoms with Gasteiger partial charge < -0.3 is 16.4 Å². The second-order valence-electron chi connectivity index (χ2n) is 4.33. The predicted octanol–water partition coefficient (Wildman–Crippen LogP) is 1.47. The van der Waals surface area contributed by atoms with Crippen LogP contribution in [0.1, 0.15) is 12.8 Å². The number of hydrogen-bond donors (Lipinski definition) is 3. The lowest BCUT2D eigenvalue weighted by Crippen LogP contribution is -2.56. The molecule has 1 aliphatic heterocycles. The van der Waals surface area contributed by atoms with Crippen molar-refractivity contribution in [3.05, 3.63) is 28.7 Å². The van der Waals surface area contributed by atoms with E-state index in [1.165, 1.54) is 0 Å². The smallest absolute Gasteiger partial charge is 0.243 e. The summed E-state index contributed by atoms with van der Waals surface area (Å²) in [5.74, 6) is -0.279. The fourth-order valence-corrected chi connectivity index (χ4v) is 2.53. The highest BCUT2D eigenvalue weighted by molar-refractivity contribution is 9.10. The summed E-state index contributed by atoms with van der Waals surface area (Å²) in [6.45, 7) is 1.62. The van der Waals surface area contributed by atoms with E-state index in [0.29, 0.717) is 0 Å². The molecule has 0 spiro atoms. The molecule has 1 aromatic rings. The lowest BCUT2D eigenvalue weighted by atomic mass is 9.87. The number of amides is 1. The summed E-state index contributed by atoms with van der Waals surface area (Å²) in [6, 6.07) is 7.77. The zero-order valence-corrected chi connectivity index (χ0v) is 11.1. The van der Waals surface area contributed by atoms with E-state index in [0.717, 1.165) is 36.1 Å². The van der Waals surface area contributed by atoms with Crippen LogP contribution in [0.5, 0.6) is 0 Å². The standard InChI is InChI=1S/C12H16BrN3O/c13-9-2-1-3-10(8-9)16-12(11(14)17)4-6-15-7-5-12/h1-3,8,15-16H,4-7H2,(H2,14,17). The van der Waals surface area contributed by atoms with Gasteiger partial charge in [0, 0.05) is 10.2 Å². The molecule has 1 amide bonds. The first-order chi connectivity index (χ1) is 8.12. The highest BCUT2D eigenvalue weighted by atomic mass is 79.9. The Morgan fingerprint density at radius 3 is 2.71 bits per heavy atom. The van der Waals surface area contributed by atoms with Gasteiger partial charge in [0.1, 0.15) is 5.54 Å². The molecule has 4 nitrogen and oxygen atoms in total. The van der Waals surface area contributed by atoms with Crippen LogP contribution in [-0.4, -0.2) is 24.5 Å². The normalized spacial score (nSPS) is 18.6. The molecule has 0 aliphatic carbocycles. The van der Waals surface area contributed by atoms with Gasteiger partial charge in [-0.05, 0) is 44.1 Å². The van der Waals surface area contributed by atoms with E-state index >= 15 is 0 Å². The Bertz CT molecular complexity index is 416.